The minimum atomic E-state index is -0.270. The zero-order valence-electron chi connectivity index (χ0n) is 13.6. The average molecular weight is 315 g/mol. The van der Waals surface area contributed by atoms with Crippen LogP contribution in [0.15, 0.2) is 36.4 Å². The third-order valence-electron chi connectivity index (χ3n) is 4.01. The normalized spacial score (nSPS) is 17.7. The van der Waals surface area contributed by atoms with Crippen LogP contribution in [0.2, 0.25) is 0 Å². The van der Waals surface area contributed by atoms with E-state index >= 15 is 0 Å². The lowest BCUT2D eigenvalue weighted by Gasteiger charge is -2.17. The minimum Gasteiger partial charge on any atom is -0.496 e. The van der Waals surface area contributed by atoms with Gasteiger partial charge in [0.25, 0.3) is 0 Å². The van der Waals surface area contributed by atoms with Crippen LogP contribution in [0.25, 0.3) is 10.8 Å². The van der Waals surface area contributed by atoms with Gasteiger partial charge in [0.05, 0.1) is 13.7 Å². The molecule has 0 radical (unpaired) electrons. The Morgan fingerprint density at radius 1 is 1.17 bits per heavy atom. The highest BCUT2D eigenvalue weighted by atomic mass is 16.6. The molecule has 23 heavy (non-hydrogen) atoms. The first-order valence-corrected chi connectivity index (χ1v) is 7.76. The summed E-state index contributed by atoms with van der Waals surface area (Å²) in [5, 5.41) is 1.98. The summed E-state index contributed by atoms with van der Waals surface area (Å²) in [6.07, 6.45) is -0.515. The minimum absolute atomic E-state index is 0.134. The van der Waals surface area contributed by atoms with Gasteiger partial charge in [0.2, 0.25) is 0 Å². The fourth-order valence-corrected chi connectivity index (χ4v) is 2.78. The zero-order chi connectivity index (χ0) is 16.4. The molecule has 1 saturated heterocycles. The molecule has 5 heteroatoms. The van der Waals surface area contributed by atoms with Gasteiger partial charge in [0.1, 0.15) is 18.1 Å². The van der Waals surface area contributed by atoms with E-state index in [9.17, 15) is 4.79 Å². The van der Waals surface area contributed by atoms with E-state index in [2.05, 4.69) is 0 Å². The van der Waals surface area contributed by atoms with Gasteiger partial charge in [0, 0.05) is 16.8 Å². The van der Waals surface area contributed by atoms with Gasteiger partial charge in [-0.15, -0.1) is 0 Å². The predicted molar refractivity (Wildman–Crippen MR) is 88.1 cm³/mol. The second-order valence-corrected chi connectivity index (χ2v) is 5.87. The summed E-state index contributed by atoms with van der Waals surface area (Å²) in [5.41, 5.74) is 0. The summed E-state index contributed by atoms with van der Waals surface area (Å²) >= 11 is 0. The molecule has 0 aromatic heterocycles. The molecule has 0 bridgehead atoms. The van der Waals surface area contributed by atoms with Crippen molar-refractivity contribution in [3.8, 4) is 11.5 Å². The van der Waals surface area contributed by atoms with Gasteiger partial charge in [-0.05, 0) is 26.0 Å². The third kappa shape index (κ3) is 3.04. The van der Waals surface area contributed by atoms with Crippen molar-refractivity contribution >= 4 is 16.9 Å². The number of carbonyl (C=O) groups is 1. The van der Waals surface area contributed by atoms with Crippen LogP contribution in [-0.4, -0.2) is 43.4 Å². The quantitative estimate of drug-likeness (QED) is 0.848. The zero-order valence-corrected chi connectivity index (χ0v) is 13.6. The van der Waals surface area contributed by atoms with Crippen LogP contribution in [-0.2, 0) is 4.74 Å². The Bertz CT molecular complexity index is 713. The van der Waals surface area contributed by atoms with Crippen molar-refractivity contribution in [1.29, 1.82) is 0 Å². The number of hydrogen-bond donors (Lipinski definition) is 0. The molecule has 5 nitrogen and oxygen atoms in total. The maximum absolute atomic E-state index is 11.8. The maximum atomic E-state index is 11.8. The van der Waals surface area contributed by atoms with Crippen molar-refractivity contribution in [2.75, 3.05) is 20.3 Å². The monoisotopic (exact) mass is 315 g/mol. The molecule has 1 fully saturated rings. The van der Waals surface area contributed by atoms with E-state index in [0.717, 1.165) is 22.3 Å². The first kappa shape index (κ1) is 15.5. The van der Waals surface area contributed by atoms with Gasteiger partial charge in [-0.3, -0.25) is 0 Å². The van der Waals surface area contributed by atoms with E-state index in [4.69, 9.17) is 14.2 Å². The number of cyclic esters (lactones) is 1. The molecule has 1 aliphatic rings. The number of ether oxygens (including phenoxy) is 3. The highest BCUT2D eigenvalue weighted by Crippen LogP contribution is 2.33. The van der Waals surface area contributed by atoms with E-state index in [-0.39, 0.29) is 18.2 Å². The van der Waals surface area contributed by atoms with Crippen molar-refractivity contribution in [1.82, 2.24) is 4.90 Å². The molecule has 0 spiro atoms. The second-order valence-electron chi connectivity index (χ2n) is 5.87. The third-order valence-corrected chi connectivity index (χ3v) is 4.01. The van der Waals surface area contributed by atoms with E-state index in [1.165, 1.54) is 0 Å². The van der Waals surface area contributed by atoms with E-state index < -0.39 is 0 Å². The lowest BCUT2D eigenvalue weighted by molar-refractivity contribution is 0.102. The largest absolute Gasteiger partial charge is 0.496 e. The molecule has 1 atom stereocenters. The average Bonchev–Trinajstić information content (AvgIpc) is 2.93. The molecule has 0 saturated carbocycles. The van der Waals surface area contributed by atoms with Crippen LogP contribution in [0.4, 0.5) is 4.79 Å². The topological polar surface area (TPSA) is 48.0 Å². The summed E-state index contributed by atoms with van der Waals surface area (Å²) in [7, 11) is 1.65. The highest BCUT2D eigenvalue weighted by Gasteiger charge is 2.33. The molecular weight excluding hydrogens is 294 g/mol. The molecule has 2 aromatic rings. The molecule has 0 aliphatic carbocycles. The molecule has 0 unspecified atom stereocenters. The maximum Gasteiger partial charge on any atom is 0.410 e. The van der Waals surface area contributed by atoms with Crippen molar-refractivity contribution in [2.45, 2.75) is 26.0 Å². The van der Waals surface area contributed by atoms with Gasteiger partial charge >= 0.3 is 6.09 Å². The lowest BCUT2D eigenvalue weighted by atomic mass is 10.1. The van der Waals surface area contributed by atoms with Crippen molar-refractivity contribution in [2.24, 2.45) is 0 Å². The molecule has 1 heterocycles. The number of benzene rings is 2. The van der Waals surface area contributed by atoms with E-state index in [1.54, 1.807) is 12.0 Å². The molecule has 1 aliphatic heterocycles. The number of methoxy groups -OCH3 is 1. The summed E-state index contributed by atoms with van der Waals surface area (Å²) < 4.78 is 16.7. The Labute approximate surface area is 135 Å². The van der Waals surface area contributed by atoms with Gasteiger partial charge in [-0.1, -0.05) is 24.3 Å². The fraction of sp³-hybridized carbons (Fsp3) is 0.389. The fourth-order valence-electron chi connectivity index (χ4n) is 2.78. The Kier molecular flexibility index (Phi) is 4.28. The number of nitrogens with zero attached hydrogens (tertiary/aromatic N) is 1. The number of rotatable bonds is 5. The summed E-state index contributed by atoms with van der Waals surface area (Å²) in [5.74, 6) is 1.58. The second kappa shape index (κ2) is 6.36. The molecule has 0 N–H and O–H groups in total. The van der Waals surface area contributed by atoms with Gasteiger partial charge < -0.3 is 19.1 Å². The SMILES string of the molecule is COc1ccc(OC[C@H]2CN(C(C)C)C(=O)O2)c2ccccc12. The predicted octanol–water partition coefficient (Wildman–Crippen LogP) is 3.46. The van der Waals surface area contributed by atoms with Gasteiger partial charge in [-0.25, -0.2) is 4.79 Å². The molecule has 122 valence electrons. The number of fused-ring (bicyclic) bond motifs is 1. The van der Waals surface area contributed by atoms with Crippen LogP contribution in [0.5, 0.6) is 11.5 Å². The van der Waals surface area contributed by atoms with Crippen LogP contribution in [0, 0.1) is 0 Å². The summed E-state index contributed by atoms with van der Waals surface area (Å²) in [6, 6.07) is 11.8. The molecule has 2 aromatic carbocycles. The standard InChI is InChI=1S/C18H21NO4/c1-12(2)19-10-13(23-18(19)20)11-22-17-9-8-16(21-3)14-6-4-5-7-15(14)17/h4-9,12-13H,10-11H2,1-3H3/t13-/m1/s1. The van der Waals surface area contributed by atoms with Crippen LogP contribution >= 0.6 is 0 Å². The summed E-state index contributed by atoms with van der Waals surface area (Å²) in [4.78, 5) is 13.5. The highest BCUT2D eigenvalue weighted by molar-refractivity contribution is 5.93. The lowest BCUT2D eigenvalue weighted by Crippen LogP contribution is -2.32. The Hall–Kier alpha value is -2.43. The Morgan fingerprint density at radius 3 is 2.43 bits per heavy atom. The van der Waals surface area contributed by atoms with Crippen molar-refractivity contribution < 1.29 is 19.0 Å². The van der Waals surface area contributed by atoms with Crippen molar-refractivity contribution in [3.63, 3.8) is 0 Å². The Morgan fingerprint density at radius 2 is 1.83 bits per heavy atom. The first-order valence-electron chi connectivity index (χ1n) is 7.76. The van der Waals surface area contributed by atoms with Crippen LogP contribution < -0.4 is 9.47 Å². The van der Waals surface area contributed by atoms with Crippen LogP contribution in [0.1, 0.15) is 13.8 Å². The molecule has 3 rings (SSSR count). The Balaban J connectivity index is 1.75. The summed E-state index contributed by atoms with van der Waals surface area (Å²) in [6.45, 7) is 4.85. The van der Waals surface area contributed by atoms with Crippen LogP contribution in [0.3, 0.4) is 0 Å². The first-order chi connectivity index (χ1) is 11.1. The van der Waals surface area contributed by atoms with Crippen molar-refractivity contribution in [3.05, 3.63) is 36.4 Å². The van der Waals surface area contributed by atoms with E-state index in [1.807, 2.05) is 50.2 Å². The van der Waals surface area contributed by atoms with Gasteiger partial charge in [-0.2, -0.15) is 0 Å². The molecular formula is C18H21NO4. The van der Waals surface area contributed by atoms with E-state index in [0.29, 0.717) is 13.2 Å². The number of amides is 1. The number of hydrogen-bond acceptors (Lipinski definition) is 4. The van der Waals surface area contributed by atoms with Gasteiger partial charge in [0.15, 0.2) is 6.10 Å². The number of carbonyl (C=O) groups excluding carboxylic acids is 1. The smallest absolute Gasteiger partial charge is 0.410 e. The molecule has 1 amide bonds.